The van der Waals surface area contributed by atoms with Crippen LogP contribution in [0.5, 0.6) is 0 Å². The molecule has 0 bridgehead atoms. The zero-order valence-electron chi connectivity index (χ0n) is 14.8. The van der Waals surface area contributed by atoms with Gasteiger partial charge < -0.3 is 10.1 Å². The smallest absolute Gasteiger partial charge is 0.258 e. The van der Waals surface area contributed by atoms with Crippen LogP contribution in [-0.4, -0.2) is 58.4 Å². The summed E-state index contributed by atoms with van der Waals surface area (Å²) in [5, 5.41) is 7.38. The average molecular weight is 343 g/mol. The Hall–Kier alpha value is -2.25. The molecule has 1 aliphatic heterocycles. The largest absolute Gasteiger partial charge is 0.383 e. The number of amides is 1. The maximum absolute atomic E-state index is 12.3. The molecule has 1 N–H and O–H groups in total. The molecule has 25 heavy (non-hydrogen) atoms. The molecule has 1 aliphatic rings. The fourth-order valence-electron chi connectivity index (χ4n) is 3.31. The van der Waals surface area contributed by atoms with Crippen LogP contribution in [0.2, 0.25) is 0 Å². The summed E-state index contributed by atoms with van der Waals surface area (Å²) < 4.78 is 7.19. The first kappa shape index (κ1) is 17.6. The number of likely N-dealkylation sites (tertiary alicyclic amines) is 1. The first-order valence-electron chi connectivity index (χ1n) is 8.67. The molecule has 1 atom stereocenters. The Bertz CT molecular complexity index is 680. The van der Waals surface area contributed by atoms with E-state index < -0.39 is 0 Å². The molecular weight excluding hydrogens is 318 g/mol. The van der Waals surface area contributed by atoms with Crippen LogP contribution >= 0.6 is 0 Å². The number of rotatable bonds is 6. The molecule has 1 saturated heterocycles. The van der Waals surface area contributed by atoms with E-state index in [4.69, 9.17) is 4.74 Å². The molecule has 0 aromatic carbocycles. The first-order chi connectivity index (χ1) is 12.2. The van der Waals surface area contributed by atoms with Crippen LogP contribution in [0.15, 0.2) is 36.8 Å². The van der Waals surface area contributed by atoms with Crippen molar-refractivity contribution in [2.24, 2.45) is 0 Å². The summed E-state index contributed by atoms with van der Waals surface area (Å²) in [5.74, 6) is 0.568. The summed E-state index contributed by atoms with van der Waals surface area (Å²) in [5.41, 5.74) is 0.540. The van der Waals surface area contributed by atoms with Crippen molar-refractivity contribution in [3.8, 4) is 0 Å². The van der Waals surface area contributed by atoms with Gasteiger partial charge in [0, 0.05) is 44.7 Å². The van der Waals surface area contributed by atoms with E-state index in [1.807, 2.05) is 10.7 Å². The predicted molar refractivity (Wildman–Crippen MR) is 95.6 cm³/mol. The van der Waals surface area contributed by atoms with Gasteiger partial charge in [0.1, 0.15) is 5.82 Å². The van der Waals surface area contributed by atoms with Crippen LogP contribution in [0, 0.1) is 0 Å². The van der Waals surface area contributed by atoms with E-state index in [0.717, 1.165) is 38.4 Å². The quantitative estimate of drug-likeness (QED) is 0.870. The monoisotopic (exact) mass is 343 g/mol. The molecule has 134 valence electrons. The van der Waals surface area contributed by atoms with Crippen molar-refractivity contribution in [3.05, 3.63) is 42.4 Å². The maximum Gasteiger partial charge on any atom is 0.258 e. The highest BCUT2D eigenvalue weighted by atomic mass is 16.5. The first-order valence-corrected chi connectivity index (χ1v) is 8.67. The van der Waals surface area contributed by atoms with Gasteiger partial charge in [-0.15, -0.1) is 0 Å². The Kier molecular flexibility index (Phi) is 5.78. The van der Waals surface area contributed by atoms with Crippen LogP contribution in [0.25, 0.3) is 0 Å². The minimum Gasteiger partial charge on any atom is -0.383 e. The normalized spacial score (nSPS) is 17.4. The number of nitrogens with zero attached hydrogens (tertiary/aromatic N) is 4. The number of ether oxygens (including phenoxy) is 1. The van der Waals surface area contributed by atoms with Crippen LogP contribution < -0.4 is 5.32 Å². The van der Waals surface area contributed by atoms with Gasteiger partial charge in [-0.25, -0.2) is 4.68 Å². The molecule has 1 fully saturated rings. The van der Waals surface area contributed by atoms with Crippen LogP contribution in [0.4, 0.5) is 5.82 Å². The number of pyridine rings is 1. The third-order valence-corrected chi connectivity index (χ3v) is 4.71. The van der Waals surface area contributed by atoms with Gasteiger partial charge in [0.2, 0.25) is 0 Å². The lowest BCUT2D eigenvalue weighted by atomic mass is 10.0. The van der Waals surface area contributed by atoms with Crippen LogP contribution in [-0.2, 0) is 4.74 Å². The Morgan fingerprint density at radius 3 is 2.84 bits per heavy atom. The topological polar surface area (TPSA) is 72.3 Å². The van der Waals surface area contributed by atoms with Crippen LogP contribution in [0.1, 0.15) is 36.2 Å². The van der Waals surface area contributed by atoms with E-state index >= 15 is 0 Å². The highest BCUT2D eigenvalue weighted by molar-refractivity contribution is 6.03. The molecule has 0 aliphatic carbocycles. The van der Waals surface area contributed by atoms with Gasteiger partial charge >= 0.3 is 0 Å². The molecule has 2 aromatic rings. The Balaban J connectivity index is 1.62. The van der Waals surface area contributed by atoms with E-state index in [0.29, 0.717) is 17.6 Å². The van der Waals surface area contributed by atoms with Gasteiger partial charge in [-0.2, -0.15) is 5.10 Å². The second kappa shape index (κ2) is 8.22. The van der Waals surface area contributed by atoms with Crippen molar-refractivity contribution in [2.45, 2.75) is 31.8 Å². The number of nitrogens with one attached hydrogen (secondary N) is 1. The number of carbonyl (C=O) groups excluding carboxylic acids is 1. The summed E-state index contributed by atoms with van der Waals surface area (Å²) in [6.07, 6.45) is 6.96. The molecule has 7 nitrogen and oxygen atoms in total. The Morgan fingerprint density at radius 1 is 1.36 bits per heavy atom. The number of hydrogen-bond donors (Lipinski definition) is 1. The summed E-state index contributed by atoms with van der Waals surface area (Å²) in [6, 6.07) is 6.06. The highest BCUT2D eigenvalue weighted by Crippen LogP contribution is 2.26. The number of methoxy groups -OCH3 is 1. The zero-order valence-corrected chi connectivity index (χ0v) is 14.8. The van der Waals surface area contributed by atoms with Crippen molar-refractivity contribution in [3.63, 3.8) is 0 Å². The minimum absolute atomic E-state index is 0.166. The van der Waals surface area contributed by atoms with Gasteiger partial charge in [-0.1, -0.05) is 0 Å². The second-order valence-electron chi connectivity index (χ2n) is 6.43. The summed E-state index contributed by atoms with van der Waals surface area (Å²) >= 11 is 0. The maximum atomic E-state index is 12.3. The van der Waals surface area contributed by atoms with Crippen molar-refractivity contribution < 1.29 is 9.53 Å². The molecule has 1 unspecified atom stereocenters. The lowest BCUT2D eigenvalue weighted by molar-refractivity contribution is 0.0736. The molecule has 0 saturated carbocycles. The Labute approximate surface area is 148 Å². The van der Waals surface area contributed by atoms with Gasteiger partial charge in [-0.05, 0) is 31.9 Å². The van der Waals surface area contributed by atoms with E-state index in [1.54, 1.807) is 37.8 Å². The van der Waals surface area contributed by atoms with Gasteiger partial charge in [0.15, 0.2) is 0 Å². The fraction of sp³-hybridized carbons (Fsp3) is 0.500. The predicted octanol–water partition coefficient (Wildman–Crippen LogP) is 2.20. The third-order valence-electron chi connectivity index (χ3n) is 4.71. The van der Waals surface area contributed by atoms with Crippen molar-refractivity contribution in [1.29, 1.82) is 0 Å². The number of aromatic nitrogens is 3. The van der Waals surface area contributed by atoms with E-state index in [2.05, 4.69) is 27.2 Å². The number of piperidine rings is 1. The van der Waals surface area contributed by atoms with Crippen molar-refractivity contribution in [1.82, 2.24) is 19.7 Å². The molecule has 1 amide bonds. The van der Waals surface area contributed by atoms with E-state index in [-0.39, 0.29) is 5.91 Å². The molecule has 2 aromatic heterocycles. The van der Waals surface area contributed by atoms with Gasteiger partial charge in [0.25, 0.3) is 5.91 Å². The zero-order chi connectivity index (χ0) is 17.6. The molecule has 0 radical (unpaired) electrons. The fourth-order valence-corrected chi connectivity index (χ4v) is 3.31. The molecule has 0 spiro atoms. The van der Waals surface area contributed by atoms with Crippen molar-refractivity contribution >= 4 is 11.7 Å². The number of anilines is 1. The third kappa shape index (κ3) is 4.24. The van der Waals surface area contributed by atoms with Crippen LogP contribution in [0.3, 0.4) is 0 Å². The molecule has 3 rings (SSSR count). The minimum atomic E-state index is -0.166. The van der Waals surface area contributed by atoms with E-state index in [1.165, 1.54) is 0 Å². The lowest BCUT2D eigenvalue weighted by Crippen LogP contribution is -2.42. The van der Waals surface area contributed by atoms with Gasteiger partial charge in [-0.3, -0.25) is 14.7 Å². The molecule has 3 heterocycles. The number of hydrogen-bond acceptors (Lipinski definition) is 5. The number of carbonyl (C=O) groups is 1. The standard InChI is InChI=1S/C18H25N5O2/c1-14(13-25-2)22-10-6-16(7-11-22)23-17(5-9-20-23)21-18(24)15-4-3-8-19-12-15/h3-5,8-9,12,14,16H,6-7,10-11,13H2,1-2H3,(H,21,24). The summed E-state index contributed by atoms with van der Waals surface area (Å²) in [7, 11) is 1.74. The van der Waals surface area contributed by atoms with Crippen molar-refractivity contribution in [2.75, 3.05) is 32.1 Å². The summed E-state index contributed by atoms with van der Waals surface area (Å²) in [4.78, 5) is 18.8. The highest BCUT2D eigenvalue weighted by Gasteiger charge is 2.25. The summed E-state index contributed by atoms with van der Waals surface area (Å²) in [6.45, 7) is 4.95. The SMILES string of the molecule is COCC(C)N1CCC(n2nccc2NC(=O)c2cccnc2)CC1. The molecular formula is C18H25N5O2. The van der Waals surface area contributed by atoms with Gasteiger partial charge in [0.05, 0.1) is 24.4 Å². The lowest BCUT2D eigenvalue weighted by Gasteiger charge is -2.36. The van der Waals surface area contributed by atoms with E-state index in [9.17, 15) is 4.79 Å². The molecule has 7 heteroatoms. The Morgan fingerprint density at radius 2 is 2.16 bits per heavy atom. The second-order valence-corrected chi connectivity index (χ2v) is 6.43. The average Bonchev–Trinajstić information content (AvgIpc) is 3.11.